The van der Waals surface area contributed by atoms with Crippen LogP contribution in [0.1, 0.15) is 19.0 Å². The summed E-state index contributed by atoms with van der Waals surface area (Å²) in [5.74, 6) is 1.49. The highest BCUT2D eigenvalue weighted by atomic mass is 35.5. The van der Waals surface area contributed by atoms with Gasteiger partial charge in [0.1, 0.15) is 5.82 Å². The van der Waals surface area contributed by atoms with Gasteiger partial charge >= 0.3 is 0 Å². The molecule has 2 rings (SSSR count). The standard InChI is InChI=1S/C15H18ClN3O/c1-3-8-17-14-9-13(10-20-2)18-15(19-14)11-4-6-12(16)7-5-11/h4-7,9H,3,8,10H2,1-2H3,(H,17,18,19). The van der Waals surface area contributed by atoms with Crippen LogP contribution < -0.4 is 5.32 Å². The molecule has 0 atom stereocenters. The van der Waals surface area contributed by atoms with Gasteiger partial charge in [-0.25, -0.2) is 9.97 Å². The third kappa shape index (κ3) is 3.92. The quantitative estimate of drug-likeness (QED) is 0.880. The molecular weight excluding hydrogens is 274 g/mol. The fraction of sp³-hybridized carbons (Fsp3) is 0.333. The minimum atomic E-state index is 0.462. The number of nitrogens with one attached hydrogen (secondary N) is 1. The van der Waals surface area contributed by atoms with Crippen LogP contribution in [-0.2, 0) is 11.3 Å². The maximum atomic E-state index is 5.91. The zero-order valence-corrected chi connectivity index (χ0v) is 12.4. The number of halogens is 1. The number of anilines is 1. The summed E-state index contributed by atoms with van der Waals surface area (Å²) >= 11 is 5.91. The van der Waals surface area contributed by atoms with Crippen molar-refractivity contribution < 1.29 is 4.74 Å². The lowest BCUT2D eigenvalue weighted by atomic mass is 10.2. The van der Waals surface area contributed by atoms with E-state index in [1.165, 1.54) is 0 Å². The van der Waals surface area contributed by atoms with Crippen LogP contribution in [0.4, 0.5) is 5.82 Å². The normalized spacial score (nSPS) is 10.6. The van der Waals surface area contributed by atoms with Crippen LogP contribution >= 0.6 is 11.6 Å². The maximum Gasteiger partial charge on any atom is 0.161 e. The van der Waals surface area contributed by atoms with Crippen molar-refractivity contribution in [3.05, 3.63) is 41.0 Å². The van der Waals surface area contributed by atoms with E-state index in [2.05, 4.69) is 22.2 Å². The maximum absolute atomic E-state index is 5.91. The lowest BCUT2D eigenvalue weighted by molar-refractivity contribution is 0.181. The summed E-state index contributed by atoms with van der Waals surface area (Å²) in [5, 5.41) is 3.98. The summed E-state index contributed by atoms with van der Waals surface area (Å²) in [6.45, 7) is 3.46. The Hall–Kier alpha value is -1.65. The molecule has 0 unspecified atom stereocenters. The van der Waals surface area contributed by atoms with Crippen LogP contribution in [-0.4, -0.2) is 23.6 Å². The molecule has 1 aromatic heterocycles. The zero-order chi connectivity index (χ0) is 14.4. The fourth-order valence-electron chi connectivity index (χ4n) is 1.79. The Bertz CT molecular complexity index is 558. The molecule has 0 radical (unpaired) electrons. The third-order valence-electron chi connectivity index (χ3n) is 2.73. The van der Waals surface area contributed by atoms with Crippen molar-refractivity contribution in [2.24, 2.45) is 0 Å². The molecule has 0 saturated carbocycles. The Morgan fingerprint density at radius 1 is 1.20 bits per heavy atom. The third-order valence-corrected chi connectivity index (χ3v) is 2.98. The summed E-state index contributed by atoms with van der Waals surface area (Å²) in [6.07, 6.45) is 1.04. The van der Waals surface area contributed by atoms with Crippen LogP contribution in [0.5, 0.6) is 0 Å². The fourth-order valence-corrected chi connectivity index (χ4v) is 1.92. The molecule has 1 N–H and O–H groups in total. The molecule has 0 bridgehead atoms. The van der Waals surface area contributed by atoms with Crippen LogP contribution in [0.2, 0.25) is 5.02 Å². The molecule has 5 heteroatoms. The van der Waals surface area contributed by atoms with Gasteiger partial charge in [-0.05, 0) is 30.7 Å². The summed E-state index contributed by atoms with van der Waals surface area (Å²) in [5.41, 5.74) is 1.79. The second-order valence-electron chi connectivity index (χ2n) is 4.43. The summed E-state index contributed by atoms with van der Waals surface area (Å²) in [6, 6.07) is 9.42. The van der Waals surface area contributed by atoms with Gasteiger partial charge in [-0.15, -0.1) is 0 Å². The Morgan fingerprint density at radius 3 is 2.60 bits per heavy atom. The number of hydrogen-bond donors (Lipinski definition) is 1. The summed E-state index contributed by atoms with van der Waals surface area (Å²) in [4.78, 5) is 9.04. The van der Waals surface area contributed by atoms with Crippen LogP contribution in [0, 0.1) is 0 Å². The van der Waals surface area contributed by atoms with Crippen molar-refractivity contribution >= 4 is 17.4 Å². The molecule has 1 heterocycles. The SMILES string of the molecule is CCCNc1cc(COC)nc(-c2ccc(Cl)cc2)n1. The van der Waals surface area contributed by atoms with Gasteiger partial charge < -0.3 is 10.1 Å². The van der Waals surface area contributed by atoms with E-state index in [-0.39, 0.29) is 0 Å². The highest BCUT2D eigenvalue weighted by Crippen LogP contribution is 2.20. The topological polar surface area (TPSA) is 47.0 Å². The lowest BCUT2D eigenvalue weighted by Crippen LogP contribution is -2.06. The molecule has 0 saturated heterocycles. The van der Waals surface area contributed by atoms with E-state index in [0.717, 1.165) is 30.0 Å². The second-order valence-corrected chi connectivity index (χ2v) is 4.87. The molecule has 0 aliphatic rings. The number of ether oxygens (including phenoxy) is 1. The van der Waals surface area contributed by atoms with E-state index in [1.807, 2.05) is 30.3 Å². The first kappa shape index (κ1) is 14.8. The van der Waals surface area contributed by atoms with Crippen LogP contribution in [0.15, 0.2) is 30.3 Å². The predicted molar refractivity (Wildman–Crippen MR) is 82.0 cm³/mol. The number of methoxy groups -OCH3 is 1. The number of hydrogen-bond acceptors (Lipinski definition) is 4. The molecule has 4 nitrogen and oxygen atoms in total. The molecule has 0 aliphatic carbocycles. The molecule has 1 aromatic carbocycles. The zero-order valence-electron chi connectivity index (χ0n) is 11.7. The van der Waals surface area contributed by atoms with Crippen molar-refractivity contribution in [1.82, 2.24) is 9.97 Å². The Balaban J connectivity index is 2.34. The van der Waals surface area contributed by atoms with Crippen molar-refractivity contribution in [2.45, 2.75) is 20.0 Å². The van der Waals surface area contributed by atoms with Crippen LogP contribution in [0.3, 0.4) is 0 Å². The molecule has 106 valence electrons. The first-order chi connectivity index (χ1) is 9.72. The Labute approximate surface area is 124 Å². The van der Waals surface area contributed by atoms with Gasteiger partial charge in [0.05, 0.1) is 12.3 Å². The van der Waals surface area contributed by atoms with E-state index in [4.69, 9.17) is 16.3 Å². The molecule has 0 spiro atoms. The largest absolute Gasteiger partial charge is 0.378 e. The van der Waals surface area contributed by atoms with Crippen molar-refractivity contribution in [3.63, 3.8) is 0 Å². The van der Waals surface area contributed by atoms with E-state index < -0.39 is 0 Å². The Kier molecular flexibility index (Phi) is 5.32. The first-order valence-corrected chi connectivity index (χ1v) is 6.97. The number of aromatic nitrogens is 2. The minimum Gasteiger partial charge on any atom is -0.378 e. The van der Waals surface area contributed by atoms with Gasteiger partial charge in [0.2, 0.25) is 0 Å². The van der Waals surface area contributed by atoms with E-state index in [9.17, 15) is 0 Å². The van der Waals surface area contributed by atoms with Gasteiger partial charge in [-0.3, -0.25) is 0 Å². The first-order valence-electron chi connectivity index (χ1n) is 6.59. The molecule has 20 heavy (non-hydrogen) atoms. The van der Waals surface area contributed by atoms with Crippen LogP contribution in [0.25, 0.3) is 11.4 Å². The highest BCUT2D eigenvalue weighted by Gasteiger charge is 2.07. The predicted octanol–water partition coefficient (Wildman–Crippen LogP) is 3.77. The summed E-state index contributed by atoms with van der Waals surface area (Å²) in [7, 11) is 1.66. The molecule has 0 fully saturated rings. The van der Waals surface area contributed by atoms with E-state index in [0.29, 0.717) is 17.5 Å². The molecule has 0 amide bonds. The number of benzene rings is 1. The van der Waals surface area contributed by atoms with Crippen molar-refractivity contribution in [2.75, 3.05) is 19.0 Å². The average molecular weight is 292 g/mol. The van der Waals surface area contributed by atoms with Gasteiger partial charge in [0.25, 0.3) is 0 Å². The minimum absolute atomic E-state index is 0.462. The highest BCUT2D eigenvalue weighted by molar-refractivity contribution is 6.30. The monoisotopic (exact) mass is 291 g/mol. The van der Waals surface area contributed by atoms with Crippen molar-refractivity contribution in [3.8, 4) is 11.4 Å². The lowest BCUT2D eigenvalue weighted by Gasteiger charge is -2.09. The molecular formula is C15H18ClN3O. The van der Waals surface area contributed by atoms with Gasteiger partial charge in [0, 0.05) is 30.3 Å². The van der Waals surface area contributed by atoms with Gasteiger partial charge in [0.15, 0.2) is 5.82 Å². The van der Waals surface area contributed by atoms with E-state index in [1.54, 1.807) is 7.11 Å². The Morgan fingerprint density at radius 2 is 1.95 bits per heavy atom. The smallest absolute Gasteiger partial charge is 0.161 e. The summed E-state index contributed by atoms with van der Waals surface area (Å²) < 4.78 is 5.16. The van der Waals surface area contributed by atoms with Crippen molar-refractivity contribution in [1.29, 1.82) is 0 Å². The number of nitrogens with zero attached hydrogens (tertiary/aromatic N) is 2. The van der Waals surface area contributed by atoms with Gasteiger partial charge in [-0.1, -0.05) is 18.5 Å². The van der Waals surface area contributed by atoms with Gasteiger partial charge in [-0.2, -0.15) is 0 Å². The average Bonchev–Trinajstić information content (AvgIpc) is 2.46. The molecule has 2 aromatic rings. The van der Waals surface area contributed by atoms with E-state index >= 15 is 0 Å². The number of rotatable bonds is 6. The second kappa shape index (κ2) is 7.22. The molecule has 0 aliphatic heterocycles.